The van der Waals surface area contributed by atoms with Crippen LogP contribution in [0.25, 0.3) is 16.7 Å². The maximum atomic E-state index is 14.3. The number of benzene rings is 2. The Hall–Kier alpha value is -2.42. The van der Waals surface area contributed by atoms with Gasteiger partial charge in [0.1, 0.15) is 5.82 Å². The maximum Gasteiger partial charge on any atom is 0.247 e. The van der Waals surface area contributed by atoms with Crippen molar-refractivity contribution >= 4 is 11.5 Å². The Bertz CT molecular complexity index is 804. The number of halogens is 1. The molecule has 2 aromatic carbocycles. The van der Waals surface area contributed by atoms with Crippen molar-refractivity contribution in [2.24, 2.45) is 0 Å². The van der Waals surface area contributed by atoms with Gasteiger partial charge in [-0.1, -0.05) is 36.8 Å². The number of carbonyl (C=O) groups is 1. The molecule has 0 aromatic heterocycles. The third-order valence-electron chi connectivity index (χ3n) is 4.58. The molecule has 1 N–H and O–H groups in total. The van der Waals surface area contributed by atoms with E-state index in [1.165, 1.54) is 6.07 Å². The molecule has 25 heavy (non-hydrogen) atoms. The van der Waals surface area contributed by atoms with Gasteiger partial charge in [0.25, 0.3) is 0 Å². The van der Waals surface area contributed by atoms with Gasteiger partial charge in [-0.25, -0.2) is 4.39 Å². The van der Waals surface area contributed by atoms with Crippen LogP contribution in [0.15, 0.2) is 42.0 Å². The third kappa shape index (κ3) is 4.36. The Labute approximate surface area is 149 Å². The van der Waals surface area contributed by atoms with Crippen molar-refractivity contribution in [2.45, 2.75) is 41.0 Å². The summed E-state index contributed by atoms with van der Waals surface area (Å²) < 4.78 is 14.3. The van der Waals surface area contributed by atoms with Crippen LogP contribution < -0.4 is 5.32 Å². The largest absolute Gasteiger partial charge is 0.352 e. The van der Waals surface area contributed by atoms with Crippen molar-refractivity contribution in [1.29, 1.82) is 0 Å². The summed E-state index contributed by atoms with van der Waals surface area (Å²) in [5.41, 5.74) is 6.18. The zero-order valence-electron chi connectivity index (χ0n) is 15.7. The summed E-state index contributed by atoms with van der Waals surface area (Å²) in [5, 5.41) is 2.88. The minimum Gasteiger partial charge on any atom is -0.352 e. The highest BCUT2D eigenvalue weighted by molar-refractivity contribution is 6.00. The van der Waals surface area contributed by atoms with Crippen LogP contribution in [-0.4, -0.2) is 12.5 Å². The second-order valence-corrected chi connectivity index (χ2v) is 6.50. The van der Waals surface area contributed by atoms with E-state index >= 15 is 0 Å². The summed E-state index contributed by atoms with van der Waals surface area (Å²) >= 11 is 0. The summed E-state index contributed by atoms with van der Waals surface area (Å²) in [7, 11) is 0. The second-order valence-electron chi connectivity index (χ2n) is 6.50. The van der Waals surface area contributed by atoms with Crippen LogP contribution in [0.3, 0.4) is 0 Å². The fourth-order valence-corrected chi connectivity index (χ4v) is 2.84. The van der Waals surface area contributed by atoms with E-state index in [2.05, 4.69) is 5.32 Å². The second kappa shape index (κ2) is 8.11. The van der Waals surface area contributed by atoms with Crippen molar-refractivity contribution in [2.75, 3.05) is 6.54 Å². The number of aryl methyl sites for hydroxylation is 1. The van der Waals surface area contributed by atoms with Crippen molar-refractivity contribution in [3.05, 3.63) is 64.5 Å². The molecule has 0 atom stereocenters. The number of hydrogen-bond donors (Lipinski definition) is 1. The monoisotopic (exact) mass is 339 g/mol. The Balaban J connectivity index is 2.52. The van der Waals surface area contributed by atoms with E-state index in [9.17, 15) is 9.18 Å². The van der Waals surface area contributed by atoms with Crippen LogP contribution in [0.5, 0.6) is 0 Å². The molecular formula is C22H26FNO. The molecule has 132 valence electrons. The van der Waals surface area contributed by atoms with E-state index in [0.717, 1.165) is 39.8 Å². The zero-order chi connectivity index (χ0) is 18.6. The standard InChI is InChI=1S/C22H26FNO/c1-6-11-24-22(25)16(4)15(3)20-12-19(23)13-21(17(20)5)18-9-7-14(2)8-10-18/h7-10,12-13H,6,11H2,1-5H3,(H,24,25)/b16-15+. The molecule has 0 saturated carbocycles. The number of nitrogens with one attached hydrogen (secondary N) is 1. The van der Waals surface area contributed by atoms with Crippen molar-refractivity contribution < 1.29 is 9.18 Å². The molecule has 0 fully saturated rings. The predicted octanol–water partition coefficient (Wildman–Crippen LogP) is 5.43. The van der Waals surface area contributed by atoms with Crippen molar-refractivity contribution in [3.63, 3.8) is 0 Å². The minimum atomic E-state index is -0.294. The predicted molar refractivity (Wildman–Crippen MR) is 103 cm³/mol. The average Bonchev–Trinajstić information content (AvgIpc) is 2.60. The summed E-state index contributed by atoms with van der Waals surface area (Å²) in [6.45, 7) is 10.3. The minimum absolute atomic E-state index is 0.0973. The zero-order valence-corrected chi connectivity index (χ0v) is 15.7. The van der Waals surface area contributed by atoms with Crippen molar-refractivity contribution in [3.8, 4) is 11.1 Å². The topological polar surface area (TPSA) is 29.1 Å². The highest BCUT2D eigenvalue weighted by atomic mass is 19.1. The first-order chi connectivity index (χ1) is 11.8. The molecule has 2 rings (SSSR count). The van der Waals surface area contributed by atoms with Crippen LogP contribution in [0.1, 0.15) is 43.9 Å². The lowest BCUT2D eigenvalue weighted by atomic mass is 9.91. The van der Waals surface area contributed by atoms with Gasteiger partial charge in [0.15, 0.2) is 0 Å². The van der Waals surface area contributed by atoms with E-state index in [1.54, 1.807) is 13.0 Å². The lowest BCUT2D eigenvalue weighted by Crippen LogP contribution is -2.25. The van der Waals surface area contributed by atoms with E-state index in [0.29, 0.717) is 12.1 Å². The number of allylic oxidation sites excluding steroid dienone is 1. The van der Waals surface area contributed by atoms with Gasteiger partial charge < -0.3 is 5.32 Å². The Morgan fingerprint density at radius 1 is 1.08 bits per heavy atom. The van der Waals surface area contributed by atoms with Crippen molar-refractivity contribution in [1.82, 2.24) is 5.32 Å². The van der Waals surface area contributed by atoms with Gasteiger partial charge in [0.05, 0.1) is 0 Å². The van der Waals surface area contributed by atoms with E-state index in [4.69, 9.17) is 0 Å². The van der Waals surface area contributed by atoms with Crippen LogP contribution in [0, 0.1) is 19.7 Å². The van der Waals surface area contributed by atoms with Crippen LogP contribution in [0.4, 0.5) is 4.39 Å². The van der Waals surface area contributed by atoms with Gasteiger partial charge >= 0.3 is 0 Å². The SMILES string of the molecule is CCCNC(=O)/C(C)=C(\C)c1cc(F)cc(-c2ccc(C)cc2)c1C. The highest BCUT2D eigenvalue weighted by Gasteiger charge is 2.15. The molecule has 0 unspecified atom stereocenters. The Morgan fingerprint density at radius 3 is 2.32 bits per heavy atom. The van der Waals surface area contributed by atoms with Gasteiger partial charge in [-0.2, -0.15) is 0 Å². The van der Waals surface area contributed by atoms with Crippen LogP contribution in [-0.2, 0) is 4.79 Å². The van der Waals surface area contributed by atoms with E-state index < -0.39 is 0 Å². The molecule has 1 amide bonds. The Morgan fingerprint density at radius 2 is 1.72 bits per heavy atom. The van der Waals surface area contributed by atoms with E-state index in [1.807, 2.05) is 52.0 Å². The lowest BCUT2D eigenvalue weighted by Gasteiger charge is -2.15. The Kier molecular flexibility index (Phi) is 6.13. The summed E-state index contributed by atoms with van der Waals surface area (Å²) in [5.74, 6) is -0.391. The number of amides is 1. The lowest BCUT2D eigenvalue weighted by molar-refractivity contribution is -0.117. The van der Waals surface area contributed by atoms with Gasteiger partial charge in [-0.3, -0.25) is 4.79 Å². The number of rotatable bonds is 5. The van der Waals surface area contributed by atoms with Crippen LogP contribution in [0.2, 0.25) is 0 Å². The van der Waals surface area contributed by atoms with Gasteiger partial charge in [-0.15, -0.1) is 0 Å². The van der Waals surface area contributed by atoms with E-state index in [-0.39, 0.29) is 11.7 Å². The molecule has 2 aromatic rings. The average molecular weight is 339 g/mol. The van der Waals surface area contributed by atoms with Gasteiger partial charge in [0, 0.05) is 12.1 Å². The molecule has 0 radical (unpaired) electrons. The quantitative estimate of drug-likeness (QED) is 0.723. The van der Waals surface area contributed by atoms with Crippen LogP contribution >= 0.6 is 0 Å². The molecular weight excluding hydrogens is 313 g/mol. The summed E-state index contributed by atoms with van der Waals surface area (Å²) in [4.78, 5) is 12.2. The number of hydrogen-bond acceptors (Lipinski definition) is 1. The molecule has 3 heteroatoms. The smallest absolute Gasteiger partial charge is 0.247 e. The molecule has 0 heterocycles. The summed E-state index contributed by atoms with van der Waals surface area (Å²) in [6.07, 6.45) is 0.884. The fourth-order valence-electron chi connectivity index (χ4n) is 2.84. The first-order valence-electron chi connectivity index (χ1n) is 8.68. The maximum absolute atomic E-state index is 14.3. The highest BCUT2D eigenvalue weighted by Crippen LogP contribution is 2.32. The van der Waals surface area contributed by atoms with Gasteiger partial charge in [0.2, 0.25) is 5.91 Å². The van der Waals surface area contributed by atoms with Gasteiger partial charge in [-0.05, 0) is 74.1 Å². The number of carbonyl (C=O) groups excluding carboxylic acids is 1. The first kappa shape index (κ1) is 18.9. The normalized spacial score (nSPS) is 11.9. The molecule has 0 spiro atoms. The fraction of sp³-hybridized carbons (Fsp3) is 0.318. The molecule has 0 saturated heterocycles. The summed E-state index contributed by atoms with van der Waals surface area (Å²) in [6, 6.07) is 11.1. The molecule has 0 bridgehead atoms. The third-order valence-corrected chi connectivity index (χ3v) is 4.58. The molecule has 0 aliphatic carbocycles. The first-order valence-corrected chi connectivity index (χ1v) is 8.68. The molecule has 2 nitrogen and oxygen atoms in total. The molecule has 0 aliphatic heterocycles. The molecule has 0 aliphatic rings.